The van der Waals surface area contributed by atoms with E-state index < -0.39 is 0 Å². The number of aromatic amines is 1. The molecule has 1 atom stereocenters. The van der Waals surface area contributed by atoms with Gasteiger partial charge < -0.3 is 0 Å². The van der Waals surface area contributed by atoms with Gasteiger partial charge in [0.05, 0.1) is 21.9 Å². The molecule has 1 saturated carbocycles. The fourth-order valence-electron chi connectivity index (χ4n) is 3.63. The zero-order chi connectivity index (χ0) is 15.8. The lowest BCUT2D eigenvalue weighted by Crippen LogP contribution is -2.13. The predicted octanol–water partition coefficient (Wildman–Crippen LogP) is 5.02. The van der Waals surface area contributed by atoms with E-state index in [9.17, 15) is 4.79 Å². The molecule has 0 bridgehead atoms. The molecule has 0 spiro atoms. The summed E-state index contributed by atoms with van der Waals surface area (Å²) >= 11 is 3.41. The summed E-state index contributed by atoms with van der Waals surface area (Å²) in [6.07, 6.45) is 7.38. The van der Waals surface area contributed by atoms with Crippen molar-refractivity contribution in [3.8, 4) is 0 Å². The third kappa shape index (κ3) is 2.83. The zero-order valence-corrected chi connectivity index (χ0v) is 14.9. The summed E-state index contributed by atoms with van der Waals surface area (Å²) in [5, 5.41) is 6.31. The van der Waals surface area contributed by atoms with E-state index in [2.05, 4.69) is 27.3 Å². The highest BCUT2D eigenvalue weighted by Gasteiger charge is 2.32. The van der Waals surface area contributed by atoms with Crippen molar-refractivity contribution in [2.45, 2.75) is 56.7 Å². The van der Waals surface area contributed by atoms with E-state index in [4.69, 9.17) is 4.99 Å². The number of nitrogens with one attached hydrogen (secondary N) is 1. The SMILES string of the molecule is CC1=Nc2c(c(=O)[nH]n2C2CCCCCC2)C(c2cccs2)S1. The van der Waals surface area contributed by atoms with Crippen LogP contribution in [-0.2, 0) is 0 Å². The molecule has 0 radical (unpaired) electrons. The summed E-state index contributed by atoms with van der Waals surface area (Å²) in [5.74, 6) is 0.872. The average Bonchev–Trinajstić information content (AvgIpc) is 3.08. The molecule has 1 fully saturated rings. The first-order valence-electron chi connectivity index (χ1n) is 8.34. The van der Waals surface area contributed by atoms with Gasteiger partial charge in [0.15, 0.2) is 5.82 Å². The summed E-state index contributed by atoms with van der Waals surface area (Å²) in [4.78, 5) is 18.7. The van der Waals surface area contributed by atoms with Crippen molar-refractivity contribution < 1.29 is 0 Å². The molecule has 0 amide bonds. The first-order chi connectivity index (χ1) is 11.2. The summed E-state index contributed by atoms with van der Waals surface area (Å²) in [6, 6.07) is 4.56. The Kier molecular flexibility index (Phi) is 4.20. The summed E-state index contributed by atoms with van der Waals surface area (Å²) in [6.45, 7) is 2.04. The van der Waals surface area contributed by atoms with E-state index in [-0.39, 0.29) is 10.8 Å². The number of nitrogens with zero attached hydrogens (tertiary/aromatic N) is 2. The molecule has 2 aliphatic rings. The van der Waals surface area contributed by atoms with Crippen molar-refractivity contribution in [3.05, 3.63) is 38.3 Å². The molecular formula is C17H21N3OS2. The van der Waals surface area contributed by atoms with Crippen molar-refractivity contribution in [2.75, 3.05) is 0 Å². The molecule has 1 aliphatic carbocycles. The minimum absolute atomic E-state index is 0.0337. The first-order valence-corrected chi connectivity index (χ1v) is 10.1. The number of thiophene rings is 1. The molecular weight excluding hydrogens is 326 g/mol. The molecule has 122 valence electrons. The summed E-state index contributed by atoms with van der Waals surface area (Å²) in [5.41, 5.74) is 0.874. The minimum Gasteiger partial charge on any atom is -0.268 e. The Morgan fingerprint density at radius 1 is 1.26 bits per heavy atom. The number of fused-ring (bicyclic) bond motifs is 1. The molecule has 23 heavy (non-hydrogen) atoms. The van der Waals surface area contributed by atoms with E-state index in [1.807, 2.05) is 6.92 Å². The molecule has 1 aliphatic heterocycles. The first kappa shape index (κ1) is 15.3. The van der Waals surface area contributed by atoms with Crippen LogP contribution in [0.25, 0.3) is 0 Å². The third-order valence-electron chi connectivity index (χ3n) is 4.74. The van der Waals surface area contributed by atoms with Gasteiger partial charge in [-0.25, -0.2) is 4.99 Å². The van der Waals surface area contributed by atoms with Crippen LogP contribution in [0, 0.1) is 0 Å². The van der Waals surface area contributed by atoms with Gasteiger partial charge in [-0.05, 0) is 31.2 Å². The Hall–Kier alpha value is -1.27. The van der Waals surface area contributed by atoms with Crippen molar-refractivity contribution in [1.82, 2.24) is 9.78 Å². The van der Waals surface area contributed by atoms with E-state index in [0.717, 1.165) is 29.3 Å². The van der Waals surface area contributed by atoms with Crippen LogP contribution in [-0.4, -0.2) is 14.8 Å². The van der Waals surface area contributed by atoms with E-state index in [1.165, 1.54) is 30.6 Å². The maximum absolute atomic E-state index is 12.7. The summed E-state index contributed by atoms with van der Waals surface area (Å²) < 4.78 is 2.08. The van der Waals surface area contributed by atoms with Crippen molar-refractivity contribution in [2.24, 2.45) is 4.99 Å². The largest absolute Gasteiger partial charge is 0.271 e. The second kappa shape index (κ2) is 6.32. The van der Waals surface area contributed by atoms with Gasteiger partial charge in [0.25, 0.3) is 5.56 Å². The third-order valence-corrected chi connectivity index (χ3v) is 6.99. The number of aliphatic imine (C=N–C) groups is 1. The minimum atomic E-state index is 0.0337. The van der Waals surface area contributed by atoms with Gasteiger partial charge >= 0.3 is 0 Å². The number of H-pyrrole nitrogens is 1. The fourth-order valence-corrected chi connectivity index (χ4v) is 5.66. The lowest BCUT2D eigenvalue weighted by Gasteiger charge is -2.22. The number of thioether (sulfide) groups is 1. The molecule has 2 aromatic rings. The standard InChI is InChI=1S/C17H21N3OS2/c1-11-18-16-14(15(23-11)13-9-6-10-22-13)17(21)19-20(16)12-7-4-2-3-5-8-12/h6,9-10,12,15H,2-5,7-8H2,1H3,(H,19,21). The molecule has 1 unspecified atom stereocenters. The van der Waals surface area contributed by atoms with Crippen LogP contribution < -0.4 is 5.56 Å². The van der Waals surface area contributed by atoms with Crippen LogP contribution >= 0.6 is 23.1 Å². The predicted molar refractivity (Wildman–Crippen MR) is 98.3 cm³/mol. The highest BCUT2D eigenvalue weighted by atomic mass is 32.2. The van der Waals surface area contributed by atoms with Gasteiger partial charge in [-0.1, -0.05) is 43.5 Å². The van der Waals surface area contributed by atoms with Crippen LogP contribution in [0.5, 0.6) is 0 Å². The van der Waals surface area contributed by atoms with Crippen LogP contribution in [0.3, 0.4) is 0 Å². The molecule has 0 saturated heterocycles. The molecule has 1 N–H and O–H groups in total. The second-order valence-electron chi connectivity index (χ2n) is 6.34. The maximum Gasteiger partial charge on any atom is 0.271 e. The van der Waals surface area contributed by atoms with Crippen molar-refractivity contribution >= 4 is 34.0 Å². The molecule has 4 rings (SSSR count). The van der Waals surface area contributed by atoms with Gasteiger partial charge in [0, 0.05) is 4.88 Å². The Balaban J connectivity index is 1.80. The van der Waals surface area contributed by atoms with Gasteiger partial charge in [-0.2, -0.15) is 0 Å². The van der Waals surface area contributed by atoms with Crippen molar-refractivity contribution in [1.29, 1.82) is 0 Å². The van der Waals surface area contributed by atoms with Gasteiger partial charge in [-0.15, -0.1) is 11.3 Å². The average molecular weight is 348 g/mol. The lowest BCUT2D eigenvalue weighted by atomic mass is 10.1. The number of hydrogen-bond donors (Lipinski definition) is 1. The van der Waals surface area contributed by atoms with Gasteiger partial charge in [-0.3, -0.25) is 14.6 Å². The zero-order valence-electron chi connectivity index (χ0n) is 13.2. The van der Waals surface area contributed by atoms with E-state index in [1.54, 1.807) is 23.1 Å². The normalized spacial score (nSPS) is 22.5. The van der Waals surface area contributed by atoms with Gasteiger partial charge in [0.2, 0.25) is 0 Å². The Labute approximate surface area is 144 Å². The topological polar surface area (TPSA) is 50.1 Å². The number of aromatic nitrogens is 2. The lowest BCUT2D eigenvalue weighted by molar-refractivity contribution is 0.407. The van der Waals surface area contributed by atoms with Crippen LogP contribution in [0.15, 0.2) is 27.3 Å². The van der Waals surface area contributed by atoms with E-state index >= 15 is 0 Å². The number of rotatable bonds is 2. The Morgan fingerprint density at radius 3 is 2.74 bits per heavy atom. The Morgan fingerprint density at radius 2 is 2.04 bits per heavy atom. The molecule has 3 heterocycles. The Bertz CT molecular complexity index is 764. The second-order valence-corrected chi connectivity index (χ2v) is 8.61. The van der Waals surface area contributed by atoms with Crippen molar-refractivity contribution in [3.63, 3.8) is 0 Å². The summed E-state index contributed by atoms with van der Waals surface area (Å²) in [7, 11) is 0. The molecule has 2 aromatic heterocycles. The molecule has 4 nitrogen and oxygen atoms in total. The monoisotopic (exact) mass is 347 g/mol. The van der Waals surface area contributed by atoms with Gasteiger partial charge in [0.1, 0.15) is 0 Å². The van der Waals surface area contributed by atoms with Crippen LogP contribution in [0.2, 0.25) is 0 Å². The smallest absolute Gasteiger partial charge is 0.268 e. The molecule has 0 aromatic carbocycles. The highest BCUT2D eigenvalue weighted by Crippen LogP contribution is 2.46. The number of hydrogen-bond acceptors (Lipinski definition) is 4. The van der Waals surface area contributed by atoms with Crippen LogP contribution in [0.4, 0.5) is 5.82 Å². The molecule has 6 heteroatoms. The highest BCUT2D eigenvalue weighted by molar-refractivity contribution is 8.14. The maximum atomic E-state index is 12.7. The quantitative estimate of drug-likeness (QED) is 0.776. The van der Waals surface area contributed by atoms with Crippen LogP contribution in [0.1, 0.15) is 67.2 Å². The fraction of sp³-hybridized carbons (Fsp3) is 0.529. The van der Waals surface area contributed by atoms with E-state index in [0.29, 0.717) is 6.04 Å².